The Morgan fingerprint density at radius 1 is 1.26 bits per heavy atom. The van der Waals surface area contributed by atoms with Gasteiger partial charge in [-0.2, -0.15) is 0 Å². The van der Waals surface area contributed by atoms with Crippen LogP contribution in [0.5, 0.6) is 11.5 Å². The minimum Gasteiger partial charge on any atom is -0.486 e. The van der Waals surface area contributed by atoms with Crippen molar-refractivity contribution in [3.63, 3.8) is 0 Å². The van der Waals surface area contributed by atoms with E-state index in [2.05, 4.69) is 0 Å². The number of ether oxygens (including phenoxy) is 2. The highest BCUT2D eigenvalue weighted by Gasteiger charge is 2.28. The minimum atomic E-state index is -0.781. The number of piperidine rings is 1. The number of para-hydroxylation sites is 1. The lowest BCUT2D eigenvalue weighted by Crippen LogP contribution is -2.40. The standard InChI is InChI=1S/C17H21NO5/c19-15(20)7-6-12-3-2-8-18(11-12)17(21)13-4-1-5-14-16(13)23-10-9-22-14/h1,4-5,12H,2-3,6-11H2,(H,19,20). The van der Waals surface area contributed by atoms with E-state index in [1.54, 1.807) is 18.2 Å². The van der Waals surface area contributed by atoms with Crippen LogP contribution in [0.2, 0.25) is 0 Å². The van der Waals surface area contributed by atoms with Crippen molar-refractivity contribution in [3.8, 4) is 11.5 Å². The van der Waals surface area contributed by atoms with Gasteiger partial charge in [0.1, 0.15) is 13.2 Å². The molecule has 2 aliphatic rings. The van der Waals surface area contributed by atoms with E-state index in [1.807, 2.05) is 4.90 Å². The summed E-state index contributed by atoms with van der Waals surface area (Å²) in [4.78, 5) is 25.4. The van der Waals surface area contributed by atoms with Crippen molar-refractivity contribution in [3.05, 3.63) is 23.8 Å². The molecule has 1 unspecified atom stereocenters. The molecule has 1 N–H and O–H groups in total. The van der Waals surface area contributed by atoms with Gasteiger partial charge in [-0.3, -0.25) is 9.59 Å². The van der Waals surface area contributed by atoms with Crippen LogP contribution in [0.4, 0.5) is 0 Å². The van der Waals surface area contributed by atoms with Crippen molar-refractivity contribution < 1.29 is 24.2 Å². The Morgan fingerprint density at radius 2 is 2.09 bits per heavy atom. The van der Waals surface area contributed by atoms with Gasteiger partial charge in [-0.05, 0) is 37.3 Å². The second-order valence-corrected chi connectivity index (χ2v) is 6.02. The van der Waals surface area contributed by atoms with E-state index in [-0.39, 0.29) is 18.2 Å². The van der Waals surface area contributed by atoms with Gasteiger partial charge < -0.3 is 19.5 Å². The number of nitrogens with zero attached hydrogens (tertiary/aromatic N) is 1. The molecule has 2 heterocycles. The number of benzene rings is 1. The number of fused-ring (bicyclic) bond motifs is 1. The van der Waals surface area contributed by atoms with Crippen LogP contribution in [-0.2, 0) is 4.79 Å². The SMILES string of the molecule is O=C(O)CCC1CCCN(C(=O)c2cccc3c2OCCO3)C1. The Bertz CT molecular complexity index is 601. The molecule has 2 aliphatic heterocycles. The number of hydrogen-bond acceptors (Lipinski definition) is 4. The van der Waals surface area contributed by atoms with E-state index in [0.717, 1.165) is 12.8 Å². The van der Waals surface area contributed by atoms with Crippen LogP contribution in [0.15, 0.2) is 18.2 Å². The van der Waals surface area contributed by atoms with E-state index < -0.39 is 5.97 Å². The molecule has 0 spiro atoms. The fourth-order valence-electron chi connectivity index (χ4n) is 3.23. The second-order valence-electron chi connectivity index (χ2n) is 6.02. The second kappa shape index (κ2) is 6.89. The minimum absolute atomic E-state index is 0.0626. The van der Waals surface area contributed by atoms with E-state index in [9.17, 15) is 9.59 Å². The molecule has 0 saturated carbocycles. The fraction of sp³-hybridized carbons (Fsp3) is 0.529. The molecular formula is C17H21NO5. The predicted octanol–water partition coefficient (Wildman–Crippen LogP) is 2.17. The topological polar surface area (TPSA) is 76.1 Å². The molecule has 1 atom stereocenters. The highest BCUT2D eigenvalue weighted by molar-refractivity contribution is 5.98. The molecule has 124 valence electrons. The summed E-state index contributed by atoms with van der Waals surface area (Å²) >= 11 is 0. The molecule has 1 amide bonds. The molecular weight excluding hydrogens is 298 g/mol. The zero-order valence-electron chi connectivity index (χ0n) is 13.0. The molecule has 6 heteroatoms. The van der Waals surface area contributed by atoms with Crippen molar-refractivity contribution in [2.45, 2.75) is 25.7 Å². The highest BCUT2D eigenvalue weighted by Crippen LogP contribution is 2.35. The van der Waals surface area contributed by atoms with Gasteiger partial charge in [-0.15, -0.1) is 0 Å². The van der Waals surface area contributed by atoms with Gasteiger partial charge in [0.25, 0.3) is 5.91 Å². The third-order valence-electron chi connectivity index (χ3n) is 4.37. The van der Waals surface area contributed by atoms with Crippen LogP contribution < -0.4 is 9.47 Å². The first-order valence-corrected chi connectivity index (χ1v) is 8.05. The average Bonchev–Trinajstić information content (AvgIpc) is 2.59. The molecule has 23 heavy (non-hydrogen) atoms. The number of carbonyl (C=O) groups is 2. The van der Waals surface area contributed by atoms with Gasteiger partial charge in [0.2, 0.25) is 0 Å². The summed E-state index contributed by atoms with van der Waals surface area (Å²) in [6.45, 7) is 2.24. The van der Waals surface area contributed by atoms with Crippen molar-refractivity contribution in [1.82, 2.24) is 4.90 Å². The molecule has 1 saturated heterocycles. The number of carboxylic acids is 1. The normalized spacial score (nSPS) is 20.2. The quantitative estimate of drug-likeness (QED) is 0.920. The number of carboxylic acid groups (broad SMARTS) is 1. The number of aliphatic carboxylic acids is 1. The number of amides is 1. The molecule has 0 radical (unpaired) electrons. The summed E-state index contributed by atoms with van der Waals surface area (Å²) in [5, 5.41) is 8.82. The number of rotatable bonds is 4. The molecule has 0 bridgehead atoms. The zero-order valence-corrected chi connectivity index (χ0v) is 13.0. The number of hydrogen-bond donors (Lipinski definition) is 1. The molecule has 1 fully saturated rings. The summed E-state index contributed by atoms with van der Waals surface area (Å²) in [6.07, 6.45) is 2.65. The maximum absolute atomic E-state index is 12.8. The largest absolute Gasteiger partial charge is 0.486 e. The predicted molar refractivity (Wildman–Crippen MR) is 82.9 cm³/mol. The Hall–Kier alpha value is -2.24. The summed E-state index contributed by atoms with van der Waals surface area (Å²) < 4.78 is 11.1. The Morgan fingerprint density at radius 3 is 2.91 bits per heavy atom. The van der Waals surface area contributed by atoms with Crippen LogP contribution >= 0.6 is 0 Å². The summed E-state index contributed by atoms with van der Waals surface area (Å²) in [6, 6.07) is 5.36. The molecule has 0 aliphatic carbocycles. The third kappa shape index (κ3) is 3.57. The van der Waals surface area contributed by atoms with Gasteiger partial charge in [0.15, 0.2) is 11.5 Å². The van der Waals surface area contributed by atoms with Crippen molar-refractivity contribution in [2.24, 2.45) is 5.92 Å². The molecule has 0 aromatic heterocycles. The van der Waals surface area contributed by atoms with Gasteiger partial charge >= 0.3 is 5.97 Å². The first-order valence-electron chi connectivity index (χ1n) is 8.05. The maximum atomic E-state index is 12.8. The van der Waals surface area contributed by atoms with Crippen molar-refractivity contribution in [2.75, 3.05) is 26.3 Å². The maximum Gasteiger partial charge on any atom is 0.303 e. The van der Waals surface area contributed by atoms with Crippen LogP contribution in [0.3, 0.4) is 0 Å². The third-order valence-corrected chi connectivity index (χ3v) is 4.37. The smallest absolute Gasteiger partial charge is 0.303 e. The summed E-state index contributed by atoms with van der Waals surface area (Å²) in [7, 11) is 0. The van der Waals surface area contributed by atoms with Gasteiger partial charge in [0, 0.05) is 19.5 Å². The number of likely N-dealkylation sites (tertiary alicyclic amines) is 1. The average molecular weight is 319 g/mol. The van der Waals surface area contributed by atoms with Crippen molar-refractivity contribution in [1.29, 1.82) is 0 Å². The first kappa shape index (κ1) is 15.6. The fourth-order valence-corrected chi connectivity index (χ4v) is 3.23. The van der Waals surface area contributed by atoms with E-state index >= 15 is 0 Å². The van der Waals surface area contributed by atoms with E-state index in [4.69, 9.17) is 14.6 Å². The van der Waals surface area contributed by atoms with E-state index in [1.165, 1.54) is 0 Å². The van der Waals surface area contributed by atoms with Crippen molar-refractivity contribution >= 4 is 11.9 Å². The van der Waals surface area contributed by atoms with Gasteiger partial charge in [-0.1, -0.05) is 6.07 Å². The first-order chi connectivity index (χ1) is 11.1. The summed E-state index contributed by atoms with van der Waals surface area (Å²) in [5.41, 5.74) is 0.529. The Kier molecular flexibility index (Phi) is 4.69. The number of carbonyl (C=O) groups excluding carboxylic acids is 1. The van der Waals surface area contributed by atoms with Crippen LogP contribution in [0, 0.1) is 5.92 Å². The highest BCUT2D eigenvalue weighted by atomic mass is 16.6. The summed E-state index contributed by atoms with van der Waals surface area (Å²) in [5.74, 6) is 0.543. The lowest BCUT2D eigenvalue weighted by molar-refractivity contribution is -0.137. The monoisotopic (exact) mass is 319 g/mol. The molecule has 1 aromatic rings. The molecule has 1 aromatic carbocycles. The zero-order chi connectivity index (χ0) is 16.2. The van der Waals surface area contributed by atoms with Gasteiger partial charge in [-0.25, -0.2) is 0 Å². The van der Waals surface area contributed by atoms with Crippen LogP contribution in [-0.4, -0.2) is 48.2 Å². The molecule has 3 rings (SSSR count). The Labute approximate surface area is 135 Å². The molecule has 6 nitrogen and oxygen atoms in total. The van der Waals surface area contributed by atoms with E-state index in [0.29, 0.717) is 49.8 Å². The van der Waals surface area contributed by atoms with Crippen LogP contribution in [0.1, 0.15) is 36.0 Å². The van der Waals surface area contributed by atoms with Crippen LogP contribution in [0.25, 0.3) is 0 Å². The Balaban J connectivity index is 1.71. The lowest BCUT2D eigenvalue weighted by Gasteiger charge is -2.33. The lowest BCUT2D eigenvalue weighted by atomic mass is 9.93. The van der Waals surface area contributed by atoms with Gasteiger partial charge in [0.05, 0.1) is 5.56 Å².